The lowest BCUT2D eigenvalue weighted by Gasteiger charge is -2.35. The number of nitrogens with zero attached hydrogens (tertiary/aromatic N) is 3. The molecule has 0 saturated carbocycles. The Morgan fingerprint density at radius 2 is 1.57 bits per heavy atom. The quantitative estimate of drug-likeness (QED) is 0.0429. The largest absolute Gasteiger partial charge is 0.391 e. The molecule has 6 N–H and O–H groups in total. The van der Waals surface area contributed by atoms with Gasteiger partial charge in [0.05, 0.1) is 45.0 Å². The number of nitrogens with one attached hydrogen (secondary N) is 5. The summed E-state index contributed by atoms with van der Waals surface area (Å²) in [6, 6.07) is 22.9. The summed E-state index contributed by atoms with van der Waals surface area (Å²) in [4.78, 5) is 79.4. The van der Waals surface area contributed by atoms with Gasteiger partial charge >= 0.3 is 0 Å². The zero-order valence-corrected chi connectivity index (χ0v) is 41.7. The molecular formula is C53H62N8O6S2. The van der Waals surface area contributed by atoms with E-state index in [4.69, 9.17) is 0 Å². The van der Waals surface area contributed by atoms with Gasteiger partial charge in [0.15, 0.2) is 5.82 Å². The predicted octanol–water partition coefficient (Wildman–Crippen LogP) is 9.47. The number of β-amino-alcohol motifs (C(OH)–C–C–N with tert-alkyl or cyclic N) is 1. The van der Waals surface area contributed by atoms with Crippen LogP contribution in [-0.2, 0) is 14.4 Å². The third kappa shape index (κ3) is 12.8. The van der Waals surface area contributed by atoms with Crippen molar-refractivity contribution in [2.24, 2.45) is 5.41 Å². The SMILES string of the molecule is Cc1ccccc1Nc1ncc(C(=O)NCCCCCCCC(=O)NC(C(=O)N2C[C@H](O)C[C@H]2C(=O)NC(C)c2ccc(-c3scnc3C)cc2)C(C)(C)C)cc1NC(=O)c1csc2ccccc12. The van der Waals surface area contributed by atoms with E-state index < -0.39 is 29.5 Å². The molecule has 0 radical (unpaired) electrons. The predicted molar refractivity (Wildman–Crippen MR) is 275 cm³/mol. The molecule has 3 aromatic carbocycles. The number of hydrogen-bond donors (Lipinski definition) is 6. The molecule has 0 aliphatic carbocycles. The van der Waals surface area contributed by atoms with Crippen LogP contribution in [-0.4, -0.2) is 80.8 Å². The molecule has 0 bridgehead atoms. The number of fused-ring (bicyclic) bond motifs is 1. The topological polar surface area (TPSA) is 195 Å². The standard InChI is InChI=1S/C53H62N8O6S2/c1-32-16-11-13-18-41(32)58-48-42(59-50(65)40-30-68-44-19-14-12-17-39(40)44)26-37(28-55-48)49(64)54-25-15-9-7-8-10-20-45(63)60-47(53(4,5)6)52(67)61-29-38(62)27-43(61)51(66)57-33(2)35-21-23-36(24-22-35)46-34(3)56-31-69-46/h11-14,16-19,21-24,26,28,30-31,33,38,43,47,62H,7-10,15,20,25,27,29H2,1-6H3,(H,54,64)(H,55,58)(H,57,66)(H,59,65)(H,60,63)/t33?,38-,43+,47?/m1/s1. The summed E-state index contributed by atoms with van der Waals surface area (Å²) in [5.41, 5.74) is 7.12. The second-order valence-corrected chi connectivity index (χ2v) is 20.6. The number of benzene rings is 3. The van der Waals surface area contributed by atoms with Crippen LogP contribution in [0.2, 0.25) is 0 Å². The molecule has 1 saturated heterocycles. The number of hydrogen-bond acceptors (Lipinski definition) is 11. The van der Waals surface area contributed by atoms with Gasteiger partial charge in [-0.05, 0) is 73.9 Å². The maximum atomic E-state index is 14.1. The molecule has 1 fully saturated rings. The van der Waals surface area contributed by atoms with E-state index in [0.717, 1.165) is 68.7 Å². The van der Waals surface area contributed by atoms with E-state index in [0.29, 0.717) is 35.6 Å². The van der Waals surface area contributed by atoms with E-state index in [1.54, 1.807) is 17.4 Å². The third-order valence-electron chi connectivity index (χ3n) is 12.4. The lowest BCUT2D eigenvalue weighted by Crippen LogP contribution is -2.57. The minimum Gasteiger partial charge on any atom is -0.391 e. The number of para-hydroxylation sites is 1. The van der Waals surface area contributed by atoms with Crippen molar-refractivity contribution in [3.63, 3.8) is 0 Å². The fourth-order valence-corrected chi connectivity index (χ4v) is 10.2. The molecule has 0 spiro atoms. The molecule has 1 aliphatic rings. The lowest BCUT2D eigenvalue weighted by molar-refractivity contribution is -0.144. The third-order valence-corrected chi connectivity index (χ3v) is 14.4. The number of amides is 5. The number of unbranched alkanes of at least 4 members (excludes halogenated alkanes) is 4. The number of aryl methyl sites for hydroxylation is 2. The first-order valence-corrected chi connectivity index (χ1v) is 25.3. The molecule has 4 atom stereocenters. The molecule has 16 heteroatoms. The van der Waals surface area contributed by atoms with Crippen LogP contribution in [0.1, 0.15) is 116 Å². The Morgan fingerprint density at radius 1 is 0.841 bits per heavy atom. The average molecular weight is 971 g/mol. The Kier molecular flexibility index (Phi) is 16.6. The number of aromatic nitrogens is 2. The second kappa shape index (κ2) is 22.7. The van der Waals surface area contributed by atoms with Crippen molar-refractivity contribution < 1.29 is 29.1 Å². The van der Waals surface area contributed by atoms with Crippen LogP contribution < -0.4 is 26.6 Å². The van der Waals surface area contributed by atoms with Crippen LogP contribution in [0, 0.1) is 19.3 Å². The molecule has 6 aromatic rings. The van der Waals surface area contributed by atoms with Crippen molar-refractivity contribution in [1.82, 2.24) is 30.8 Å². The fraction of sp³-hybridized carbons (Fsp3) is 0.377. The van der Waals surface area contributed by atoms with Crippen molar-refractivity contribution in [3.05, 3.63) is 124 Å². The van der Waals surface area contributed by atoms with Gasteiger partial charge < -0.3 is 36.6 Å². The second-order valence-electron chi connectivity index (χ2n) is 18.8. The van der Waals surface area contributed by atoms with E-state index >= 15 is 0 Å². The fourth-order valence-electron chi connectivity index (χ4n) is 8.46. The van der Waals surface area contributed by atoms with E-state index in [9.17, 15) is 29.1 Å². The molecular weight excluding hydrogens is 909 g/mol. The van der Waals surface area contributed by atoms with Crippen LogP contribution in [0.4, 0.5) is 17.2 Å². The van der Waals surface area contributed by atoms with E-state index in [1.165, 1.54) is 22.4 Å². The summed E-state index contributed by atoms with van der Waals surface area (Å²) in [6.07, 6.45) is 4.75. The molecule has 1 aliphatic heterocycles. The highest BCUT2D eigenvalue weighted by molar-refractivity contribution is 7.17. The molecule has 69 heavy (non-hydrogen) atoms. The number of carbonyl (C=O) groups excluding carboxylic acids is 5. The molecule has 14 nitrogen and oxygen atoms in total. The van der Waals surface area contributed by atoms with Gasteiger partial charge in [-0.2, -0.15) is 0 Å². The highest BCUT2D eigenvalue weighted by atomic mass is 32.1. The van der Waals surface area contributed by atoms with Crippen LogP contribution in [0.5, 0.6) is 0 Å². The van der Waals surface area contributed by atoms with Crippen molar-refractivity contribution in [1.29, 1.82) is 0 Å². The number of thiophene rings is 1. The highest BCUT2D eigenvalue weighted by Gasteiger charge is 2.44. The number of anilines is 3. The van der Waals surface area contributed by atoms with Gasteiger partial charge in [-0.3, -0.25) is 24.0 Å². The number of likely N-dealkylation sites (tertiary alicyclic amines) is 1. The number of carbonyl (C=O) groups is 5. The molecule has 3 aromatic heterocycles. The molecule has 4 heterocycles. The van der Waals surface area contributed by atoms with Crippen molar-refractivity contribution in [3.8, 4) is 10.4 Å². The number of aliphatic hydroxyl groups is 1. The Morgan fingerprint density at radius 3 is 2.30 bits per heavy atom. The zero-order chi connectivity index (χ0) is 49.2. The number of rotatable bonds is 19. The van der Waals surface area contributed by atoms with Gasteiger partial charge in [0.25, 0.3) is 11.8 Å². The first-order chi connectivity index (χ1) is 33.1. The summed E-state index contributed by atoms with van der Waals surface area (Å²) >= 11 is 3.07. The number of thiazole rings is 1. The van der Waals surface area contributed by atoms with Crippen LogP contribution in [0.25, 0.3) is 20.5 Å². The zero-order valence-electron chi connectivity index (χ0n) is 40.1. The van der Waals surface area contributed by atoms with Crippen molar-refractivity contribution in [2.75, 3.05) is 23.7 Å². The first-order valence-electron chi connectivity index (χ1n) is 23.5. The summed E-state index contributed by atoms with van der Waals surface area (Å²) in [5, 5.41) is 28.6. The van der Waals surface area contributed by atoms with Crippen LogP contribution >= 0.6 is 22.7 Å². The smallest absolute Gasteiger partial charge is 0.257 e. The minimum absolute atomic E-state index is 0.000723. The molecule has 2 unspecified atom stereocenters. The Balaban J connectivity index is 0.858. The Hall–Kier alpha value is -6.49. The minimum atomic E-state index is -0.904. The van der Waals surface area contributed by atoms with Gasteiger partial charge in [0.1, 0.15) is 12.1 Å². The maximum Gasteiger partial charge on any atom is 0.257 e. The normalized spacial score (nSPS) is 15.6. The summed E-state index contributed by atoms with van der Waals surface area (Å²) < 4.78 is 1.00. The van der Waals surface area contributed by atoms with E-state index in [2.05, 4.69) is 36.6 Å². The maximum absolute atomic E-state index is 14.1. The summed E-state index contributed by atoms with van der Waals surface area (Å²) in [5.74, 6) is -1.21. The molecule has 5 amide bonds. The van der Waals surface area contributed by atoms with E-state index in [1.807, 2.05) is 125 Å². The molecule has 362 valence electrons. The average Bonchev–Trinajstić information content (AvgIpc) is 4.08. The number of aliphatic hydroxyl groups excluding tert-OH is 1. The van der Waals surface area contributed by atoms with Gasteiger partial charge in [0, 0.05) is 53.3 Å². The van der Waals surface area contributed by atoms with Gasteiger partial charge in [-0.25, -0.2) is 9.97 Å². The Bertz CT molecular complexity index is 2780. The van der Waals surface area contributed by atoms with Crippen molar-refractivity contribution >= 4 is 79.5 Å². The van der Waals surface area contributed by atoms with Crippen LogP contribution in [0.15, 0.2) is 96.0 Å². The first kappa shape index (κ1) is 50.4. The van der Waals surface area contributed by atoms with E-state index in [-0.39, 0.29) is 49.1 Å². The van der Waals surface area contributed by atoms with Crippen LogP contribution in [0.3, 0.4) is 0 Å². The highest BCUT2D eigenvalue weighted by Crippen LogP contribution is 2.32. The number of pyridine rings is 1. The monoisotopic (exact) mass is 970 g/mol. The van der Waals surface area contributed by atoms with Gasteiger partial charge in [0.2, 0.25) is 17.7 Å². The van der Waals surface area contributed by atoms with Gasteiger partial charge in [-0.1, -0.05) is 101 Å². The summed E-state index contributed by atoms with van der Waals surface area (Å²) in [7, 11) is 0. The van der Waals surface area contributed by atoms with Gasteiger partial charge in [-0.15, -0.1) is 22.7 Å². The van der Waals surface area contributed by atoms with Crippen molar-refractivity contribution in [2.45, 2.75) is 111 Å². The summed E-state index contributed by atoms with van der Waals surface area (Å²) in [6.45, 7) is 11.9. The molecule has 7 rings (SSSR count). The Labute approximate surface area is 411 Å². The lowest BCUT2D eigenvalue weighted by atomic mass is 9.85.